The molecule has 0 bridgehead atoms. The predicted molar refractivity (Wildman–Crippen MR) is 91.3 cm³/mol. The largest absolute Gasteiger partial charge is 0.493 e. The molecule has 3 aromatic rings. The smallest absolute Gasteiger partial charge is 0.312 e. The first-order chi connectivity index (χ1) is 12.8. The lowest BCUT2D eigenvalue weighted by atomic mass is 10.2. The molecule has 1 aliphatic heterocycles. The van der Waals surface area contributed by atoms with Gasteiger partial charge in [-0.3, -0.25) is 4.57 Å². The fourth-order valence-electron chi connectivity index (χ4n) is 3.15. The van der Waals surface area contributed by atoms with Gasteiger partial charge in [0.1, 0.15) is 6.23 Å². The first-order valence-corrected chi connectivity index (χ1v) is 8.62. The van der Waals surface area contributed by atoms with E-state index in [0.717, 1.165) is 25.7 Å². The summed E-state index contributed by atoms with van der Waals surface area (Å²) in [6.07, 6.45) is 6.23. The van der Waals surface area contributed by atoms with Gasteiger partial charge in [0.25, 0.3) is 0 Å². The van der Waals surface area contributed by atoms with Gasteiger partial charge < -0.3 is 19.2 Å². The molecule has 9 heteroatoms. The number of anilines is 1. The molecule has 1 saturated heterocycles. The van der Waals surface area contributed by atoms with E-state index in [4.69, 9.17) is 13.9 Å². The molecule has 0 aliphatic carbocycles. The number of hydrogen-bond donors (Lipinski definition) is 1. The molecule has 4 heterocycles. The molecule has 138 valence electrons. The topological polar surface area (TPSA) is 87.2 Å². The highest BCUT2D eigenvalue weighted by Crippen LogP contribution is 2.28. The van der Waals surface area contributed by atoms with Crippen LogP contribution < -0.4 is 10.1 Å². The van der Waals surface area contributed by atoms with E-state index >= 15 is 0 Å². The number of hydrogen-bond acceptors (Lipinski definition) is 7. The molecule has 0 spiro atoms. The molecule has 0 amide bonds. The van der Waals surface area contributed by atoms with Crippen LogP contribution in [0.5, 0.6) is 5.75 Å². The van der Waals surface area contributed by atoms with Crippen LogP contribution in [0.15, 0.2) is 23.1 Å². The quantitative estimate of drug-likeness (QED) is 0.698. The Kier molecular flexibility index (Phi) is 4.70. The summed E-state index contributed by atoms with van der Waals surface area (Å²) >= 11 is 0. The molecule has 1 aliphatic rings. The second-order valence-electron chi connectivity index (χ2n) is 6.11. The first-order valence-electron chi connectivity index (χ1n) is 8.62. The Morgan fingerprint density at radius 1 is 1.35 bits per heavy atom. The lowest BCUT2D eigenvalue weighted by molar-refractivity contribution is 0.00928. The van der Waals surface area contributed by atoms with Crippen LogP contribution in [0.3, 0.4) is 0 Å². The molecule has 26 heavy (non-hydrogen) atoms. The van der Waals surface area contributed by atoms with Crippen molar-refractivity contribution in [2.75, 3.05) is 19.0 Å². The van der Waals surface area contributed by atoms with Crippen LogP contribution in [0.25, 0.3) is 11.2 Å². The van der Waals surface area contributed by atoms with Crippen LogP contribution in [0.2, 0.25) is 0 Å². The van der Waals surface area contributed by atoms with Gasteiger partial charge >= 0.3 is 6.08 Å². The van der Waals surface area contributed by atoms with Gasteiger partial charge in [-0.05, 0) is 19.3 Å². The number of nitrogens with one attached hydrogen (secondary N) is 1. The van der Waals surface area contributed by atoms with Crippen LogP contribution in [-0.4, -0.2) is 33.2 Å². The Morgan fingerprint density at radius 2 is 2.27 bits per heavy atom. The highest BCUT2D eigenvalue weighted by atomic mass is 19.1. The molecule has 1 N–H and O–H groups in total. The minimum Gasteiger partial charge on any atom is -0.493 e. The van der Waals surface area contributed by atoms with Crippen LogP contribution in [-0.2, 0) is 11.3 Å². The third kappa shape index (κ3) is 3.22. The fourth-order valence-corrected chi connectivity index (χ4v) is 3.15. The summed E-state index contributed by atoms with van der Waals surface area (Å²) in [7, 11) is 1.56. The third-order valence-electron chi connectivity index (χ3n) is 4.45. The zero-order chi connectivity index (χ0) is 17.9. The Balaban J connectivity index is 1.63. The maximum absolute atomic E-state index is 14.0. The van der Waals surface area contributed by atoms with Crippen molar-refractivity contribution in [3.05, 3.63) is 30.5 Å². The number of methoxy groups -OCH3 is 1. The average Bonchev–Trinajstić information content (AvgIpc) is 3.18. The second kappa shape index (κ2) is 7.28. The highest BCUT2D eigenvalue weighted by molar-refractivity contribution is 5.82. The van der Waals surface area contributed by atoms with Gasteiger partial charge in [0.05, 0.1) is 26.2 Å². The molecular weight excluding hydrogens is 341 g/mol. The Hall–Kier alpha value is -2.68. The summed E-state index contributed by atoms with van der Waals surface area (Å²) in [5.74, 6) is 1.50. The van der Waals surface area contributed by atoms with Crippen molar-refractivity contribution in [2.45, 2.75) is 38.5 Å². The SMILES string of the molecule is COc1ccoc1CNc1nc(F)nc2c1ncn2C1CCCCCO1. The fraction of sp³-hybridized carbons (Fsp3) is 0.471. The molecule has 1 fully saturated rings. The van der Waals surface area contributed by atoms with Gasteiger partial charge in [0.2, 0.25) is 0 Å². The molecule has 3 aromatic heterocycles. The number of furan rings is 1. The van der Waals surface area contributed by atoms with E-state index in [0.29, 0.717) is 35.1 Å². The van der Waals surface area contributed by atoms with Gasteiger partial charge in [-0.15, -0.1) is 0 Å². The van der Waals surface area contributed by atoms with E-state index < -0.39 is 6.08 Å². The van der Waals surface area contributed by atoms with Crippen molar-refractivity contribution in [3.63, 3.8) is 0 Å². The maximum atomic E-state index is 14.0. The average molecular weight is 361 g/mol. The lowest BCUT2D eigenvalue weighted by Crippen LogP contribution is -2.12. The summed E-state index contributed by atoms with van der Waals surface area (Å²) < 4.78 is 32.2. The number of aromatic nitrogens is 4. The van der Waals surface area contributed by atoms with Gasteiger partial charge in [-0.1, -0.05) is 6.42 Å². The van der Waals surface area contributed by atoms with E-state index in [1.807, 2.05) is 0 Å². The molecule has 1 atom stereocenters. The third-order valence-corrected chi connectivity index (χ3v) is 4.45. The summed E-state index contributed by atoms with van der Waals surface area (Å²) in [4.78, 5) is 12.2. The number of ether oxygens (including phenoxy) is 2. The van der Waals surface area contributed by atoms with Gasteiger partial charge in [0.15, 0.2) is 28.5 Å². The van der Waals surface area contributed by atoms with Crippen molar-refractivity contribution >= 4 is 17.0 Å². The minimum absolute atomic E-state index is 0.185. The highest BCUT2D eigenvalue weighted by Gasteiger charge is 2.21. The summed E-state index contributed by atoms with van der Waals surface area (Å²) in [6.45, 7) is 0.968. The van der Waals surface area contributed by atoms with E-state index in [1.165, 1.54) is 6.26 Å². The van der Waals surface area contributed by atoms with E-state index in [-0.39, 0.29) is 12.8 Å². The van der Waals surface area contributed by atoms with Crippen LogP contribution >= 0.6 is 0 Å². The van der Waals surface area contributed by atoms with Crippen molar-refractivity contribution < 1.29 is 18.3 Å². The summed E-state index contributed by atoms with van der Waals surface area (Å²) in [5.41, 5.74) is 0.906. The number of halogens is 1. The van der Waals surface area contributed by atoms with Crippen LogP contribution in [0.1, 0.15) is 37.7 Å². The van der Waals surface area contributed by atoms with Gasteiger partial charge in [-0.25, -0.2) is 4.98 Å². The monoisotopic (exact) mass is 361 g/mol. The Morgan fingerprint density at radius 3 is 3.15 bits per heavy atom. The first kappa shape index (κ1) is 16.8. The van der Waals surface area contributed by atoms with E-state index in [9.17, 15) is 4.39 Å². The maximum Gasteiger partial charge on any atom is 0.312 e. The zero-order valence-electron chi connectivity index (χ0n) is 14.4. The number of rotatable bonds is 5. The molecule has 8 nitrogen and oxygen atoms in total. The zero-order valence-corrected chi connectivity index (χ0v) is 14.4. The predicted octanol–water partition coefficient (Wildman–Crippen LogP) is 3.27. The number of nitrogens with zero attached hydrogens (tertiary/aromatic N) is 4. The minimum atomic E-state index is -0.818. The van der Waals surface area contributed by atoms with Crippen molar-refractivity contribution in [1.82, 2.24) is 19.5 Å². The normalized spacial score (nSPS) is 18.0. The lowest BCUT2D eigenvalue weighted by Gasteiger charge is -2.16. The second-order valence-corrected chi connectivity index (χ2v) is 6.11. The molecule has 4 rings (SSSR count). The van der Waals surface area contributed by atoms with Crippen LogP contribution in [0, 0.1) is 6.08 Å². The van der Waals surface area contributed by atoms with E-state index in [1.54, 1.807) is 24.1 Å². The summed E-state index contributed by atoms with van der Waals surface area (Å²) in [5, 5.41) is 3.05. The van der Waals surface area contributed by atoms with Crippen molar-refractivity contribution in [1.29, 1.82) is 0 Å². The molecule has 0 radical (unpaired) electrons. The molecule has 0 aromatic carbocycles. The van der Waals surface area contributed by atoms with Crippen molar-refractivity contribution in [3.8, 4) is 5.75 Å². The number of imidazole rings is 1. The van der Waals surface area contributed by atoms with Gasteiger partial charge in [-0.2, -0.15) is 14.4 Å². The molecule has 0 saturated carbocycles. The van der Waals surface area contributed by atoms with Crippen LogP contribution in [0.4, 0.5) is 10.2 Å². The van der Waals surface area contributed by atoms with Crippen molar-refractivity contribution in [2.24, 2.45) is 0 Å². The standard InChI is InChI=1S/C17H20FN5O3/c1-24-11-6-8-25-12(11)9-19-15-14-16(22-17(18)21-15)23(10-20-14)13-5-3-2-4-7-26-13/h6,8,10,13H,2-5,7,9H2,1H3,(H,19,21,22). The number of fused-ring (bicyclic) bond motifs is 1. The Labute approximate surface area is 149 Å². The molecule has 1 unspecified atom stereocenters. The Bertz CT molecular complexity index is 886. The summed E-state index contributed by atoms with van der Waals surface area (Å²) in [6, 6.07) is 1.71. The van der Waals surface area contributed by atoms with Gasteiger partial charge in [0, 0.05) is 12.7 Å². The molecular formula is C17H20FN5O3. The van der Waals surface area contributed by atoms with E-state index in [2.05, 4.69) is 20.3 Å².